The largest absolute Gasteiger partial charge is 0.313 e. The van der Waals surface area contributed by atoms with Gasteiger partial charge in [0, 0.05) is 24.8 Å². The first-order valence-electron chi connectivity index (χ1n) is 6.36. The summed E-state index contributed by atoms with van der Waals surface area (Å²) in [4.78, 5) is 0. The van der Waals surface area contributed by atoms with Crippen molar-refractivity contribution < 1.29 is 0 Å². The van der Waals surface area contributed by atoms with Crippen LogP contribution in [-0.4, -0.2) is 16.8 Å². The lowest BCUT2D eigenvalue weighted by atomic mass is 9.78. The average Bonchev–Trinajstić information content (AvgIpc) is 2.69. The fourth-order valence-corrected chi connectivity index (χ4v) is 2.89. The molecule has 1 atom stereocenters. The summed E-state index contributed by atoms with van der Waals surface area (Å²) in [6.45, 7) is 2.37. The zero-order chi connectivity index (χ0) is 11.5. The molecular weight excluding hydrogens is 198 g/mol. The van der Waals surface area contributed by atoms with Crippen molar-refractivity contribution in [3.8, 4) is 0 Å². The van der Waals surface area contributed by atoms with Crippen molar-refractivity contribution in [3.05, 3.63) is 18.0 Å². The summed E-state index contributed by atoms with van der Waals surface area (Å²) in [5, 5.41) is 7.73. The van der Waals surface area contributed by atoms with Crippen LogP contribution >= 0.6 is 0 Å². The fraction of sp³-hybridized carbons (Fsp3) is 0.769. The van der Waals surface area contributed by atoms with E-state index >= 15 is 0 Å². The number of nitrogens with one attached hydrogen (secondary N) is 1. The second-order valence-electron chi connectivity index (χ2n) is 5.23. The van der Waals surface area contributed by atoms with Crippen LogP contribution in [0.4, 0.5) is 0 Å². The number of aromatic nitrogens is 2. The molecule has 1 N–H and O–H groups in total. The lowest BCUT2D eigenvalue weighted by Gasteiger charge is -2.32. The number of hydrogen-bond acceptors (Lipinski definition) is 2. The van der Waals surface area contributed by atoms with Crippen molar-refractivity contribution in [1.82, 2.24) is 15.1 Å². The van der Waals surface area contributed by atoms with Crippen LogP contribution in [0.5, 0.6) is 0 Å². The monoisotopic (exact) mass is 221 g/mol. The molecule has 90 valence electrons. The van der Waals surface area contributed by atoms with Gasteiger partial charge in [-0.15, -0.1) is 0 Å². The highest BCUT2D eigenvalue weighted by Crippen LogP contribution is 2.36. The zero-order valence-electron chi connectivity index (χ0n) is 10.6. The molecule has 1 heterocycles. The van der Waals surface area contributed by atoms with Gasteiger partial charge in [0.2, 0.25) is 0 Å². The summed E-state index contributed by atoms with van der Waals surface area (Å²) in [5.41, 5.74) is 1.34. The maximum absolute atomic E-state index is 4.27. The first-order valence-corrected chi connectivity index (χ1v) is 6.36. The Kier molecular flexibility index (Phi) is 3.64. The van der Waals surface area contributed by atoms with Crippen LogP contribution in [0.3, 0.4) is 0 Å². The maximum atomic E-state index is 4.27. The molecule has 0 saturated heterocycles. The summed E-state index contributed by atoms with van der Waals surface area (Å²) in [6.07, 6.45) is 9.59. The zero-order valence-corrected chi connectivity index (χ0v) is 10.6. The van der Waals surface area contributed by atoms with Gasteiger partial charge in [-0.25, -0.2) is 0 Å². The van der Waals surface area contributed by atoms with Crippen LogP contribution in [0.25, 0.3) is 0 Å². The van der Waals surface area contributed by atoms with Gasteiger partial charge in [-0.2, -0.15) is 5.10 Å². The van der Waals surface area contributed by atoms with E-state index in [9.17, 15) is 0 Å². The van der Waals surface area contributed by atoms with Gasteiger partial charge < -0.3 is 5.32 Å². The summed E-state index contributed by atoms with van der Waals surface area (Å²) in [5.74, 6) is 1.70. The summed E-state index contributed by atoms with van der Waals surface area (Å²) in [6, 6.07) is 0.487. The van der Waals surface area contributed by atoms with Gasteiger partial charge in [0.1, 0.15) is 0 Å². The van der Waals surface area contributed by atoms with Gasteiger partial charge in [-0.3, -0.25) is 4.68 Å². The Balaban J connectivity index is 2.05. The highest BCUT2D eigenvalue weighted by atomic mass is 15.2. The highest BCUT2D eigenvalue weighted by Gasteiger charge is 2.26. The van der Waals surface area contributed by atoms with Gasteiger partial charge in [0.05, 0.1) is 6.20 Å². The molecule has 1 fully saturated rings. The molecular formula is C13H23N3. The Morgan fingerprint density at radius 3 is 2.56 bits per heavy atom. The summed E-state index contributed by atoms with van der Waals surface area (Å²) < 4.78 is 1.89. The van der Waals surface area contributed by atoms with Gasteiger partial charge in [0.15, 0.2) is 0 Å². The molecule has 1 aliphatic rings. The molecule has 1 aromatic heterocycles. The van der Waals surface area contributed by atoms with E-state index in [2.05, 4.69) is 30.6 Å². The smallest absolute Gasteiger partial charge is 0.0537 e. The standard InChI is InChI=1S/C13H23N3/c1-10-4-6-11(7-5-10)13(14-2)12-8-15-16(3)9-12/h8-11,13-14H,4-7H2,1-3H3. The molecule has 0 amide bonds. The van der Waals surface area contributed by atoms with Crippen molar-refractivity contribution in [3.63, 3.8) is 0 Å². The van der Waals surface area contributed by atoms with E-state index in [4.69, 9.17) is 0 Å². The molecule has 1 aromatic rings. The molecule has 1 aliphatic carbocycles. The van der Waals surface area contributed by atoms with Crippen molar-refractivity contribution >= 4 is 0 Å². The fourth-order valence-electron chi connectivity index (χ4n) is 2.89. The molecule has 0 radical (unpaired) electrons. The van der Waals surface area contributed by atoms with Crippen molar-refractivity contribution in [2.45, 2.75) is 38.6 Å². The number of nitrogens with zero attached hydrogens (tertiary/aromatic N) is 2. The van der Waals surface area contributed by atoms with Crippen LogP contribution in [0, 0.1) is 11.8 Å². The third-order valence-corrected chi connectivity index (χ3v) is 3.93. The SMILES string of the molecule is CNC(c1cnn(C)c1)C1CCC(C)CC1. The first kappa shape index (κ1) is 11.6. The third kappa shape index (κ3) is 2.46. The van der Waals surface area contributed by atoms with Crippen LogP contribution in [0.2, 0.25) is 0 Å². The Hall–Kier alpha value is -0.830. The molecule has 1 saturated carbocycles. The lowest BCUT2D eigenvalue weighted by molar-refractivity contribution is 0.238. The molecule has 2 rings (SSSR count). The Morgan fingerprint density at radius 1 is 1.38 bits per heavy atom. The minimum absolute atomic E-state index is 0.487. The van der Waals surface area contributed by atoms with Gasteiger partial charge in [0.25, 0.3) is 0 Å². The lowest BCUT2D eigenvalue weighted by Crippen LogP contribution is -2.28. The Bertz CT molecular complexity index is 324. The first-order chi connectivity index (χ1) is 7.70. The maximum Gasteiger partial charge on any atom is 0.0537 e. The predicted octanol–water partition coefficient (Wildman–Crippen LogP) is 2.51. The molecule has 0 spiro atoms. The summed E-state index contributed by atoms with van der Waals surface area (Å²) in [7, 11) is 4.05. The molecule has 0 aromatic carbocycles. The second-order valence-corrected chi connectivity index (χ2v) is 5.23. The van der Waals surface area contributed by atoms with Gasteiger partial charge in [-0.05, 0) is 31.7 Å². The van der Waals surface area contributed by atoms with E-state index in [1.54, 1.807) is 0 Å². The van der Waals surface area contributed by atoms with E-state index in [1.165, 1.54) is 31.2 Å². The average molecular weight is 221 g/mol. The van der Waals surface area contributed by atoms with Crippen LogP contribution in [0.15, 0.2) is 12.4 Å². The predicted molar refractivity (Wildman–Crippen MR) is 66.1 cm³/mol. The van der Waals surface area contributed by atoms with Gasteiger partial charge >= 0.3 is 0 Å². The number of aryl methyl sites for hydroxylation is 1. The van der Waals surface area contributed by atoms with Crippen molar-refractivity contribution in [2.75, 3.05) is 7.05 Å². The number of rotatable bonds is 3. The highest BCUT2D eigenvalue weighted by molar-refractivity contribution is 5.11. The van der Waals surface area contributed by atoms with Crippen molar-refractivity contribution in [2.24, 2.45) is 18.9 Å². The number of hydrogen-bond donors (Lipinski definition) is 1. The minimum atomic E-state index is 0.487. The topological polar surface area (TPSA) is 29.9 Å². The van der Waals surface area contributed by atoms with E-state index < -0.39 is 0 Å². The van der Waals surface area contributed by atoms with Crippen LogP contribution in [-0.2, 0) is 7.05 Å². The molecule has 3 nitrogen and oxygen atoms in total. The Labute approximate surface area is 98.2 Å². The molecule has 0 aliphatic heterocycles. The van der Waals surface area contributed by atoms with E-state index in [1.807, 2.05) is 17.9 Å². The van der Waals surface area contributed by atoms with E-state index in [0.29, 0.717) is 6.04 Å². The Morgan fingerprint density at radius 2 is 2.06 bits per heavy atom. The molecule has 16 heavy (non-hydrogen) atoms. The van der Waals surface area contributed by atoms with Crippen LogP contribution < -0.4 is 5.32 Å². The van der Waals surface area contributed by atoms with Gasteiger partial charge in [-0.1, -0.05) is 19.8 Å². The summed E-state index contributed by atoms with van der Waals surface area (Å²) >= 11 is 0. The molecule has 1 unspecified atom stereocenters. The van der Waals surface area contributed by atoms with E-state index in [-0.39, 0.29) is 0 Å². The van der Waals surface area contributed by atoms with E-state index in [0.717, 1.165) is 11.8 Å². The normalized spacial score (nSPS) is 27.9. The quantitative estimate of drug-likeness (QED) is 0.850. The minimum Gasteiger partial charge on any atom is -0.313 e. The van der Waals surface area contributed by atoms with Crippen LogP contribution in [0.1, 0.15) is 44.2 Å². The third-order valence-electron chi connectivity index (χ3n) is 3.93. The molecule has 0 bridgehead atoms. The second kappa shape index (κ2) is 5.00. The van der Waals surface area contributed by atoms with Crippen molar-refractivity contribution in [1.29, 1.82) is 0 Å². The molecule has 3 heteroatoms.